The van der Waals surface area contributed by atoms with E-state index in [-0.39, 0.29) is 6.42 Å². The van der Waals surface area contributed by atoms with Gasteiger partial charge in [0.2, 0.25) is 5.91 Å². The molecule has 1 aliphatic heterocycles. The van der Waals surface area contributed by atoms with Crippen LogP contribution in [-0.2, 0) is 28.9 Å². The minimum atomic E-state index is -5.12. The van der Waals surface area contributed by atoms with Crippen LogP contribution in [0.15, 0.2) is 60.8 Å². The maximum absolute atomic E-state index is 13.1. The van der Waals surface area contributed by atoms with Gasteiger partial charge >= 0.3 is 10.4 Å². The number of nitrogens with one attached hydrogen (secondary N) is 1. The van der Waals surface area contributed by atoms with Crippen molar-refractivity contribution in [3.63, 3.8) is 0 Å². The van der Waals surface area contributed by atoms with E-state index in [0.717, 1.165) is 57.8 Å². The summed E-state index contributed by atoms with van der Waals surface area (Å²) in [5.74, 6) is -0.722. The highest BCUT2D eigenvalue weighted by Crippen LogP contribution is 2.26. The van der Waals surface area contributed by atoms with Gasteiger partial charge in [-0.3, -0.25) is 9.35 Å². The van der Waals surface area contributed by atoms with Crippen molar-refractivity contribution in [2.45, 2.75) is 204 Å². The number of hydrogen-bond donors (Lipinski definition) is 7. The number of carbonyl (C=O) groups excluding carboxylic acids is 1. The smallest absolute Gasteiger partial charge is 0.394 e. The largest absolute Gasteiger partial charge is 0.397 e. The molecule has 0 aromatic rings. The monoisotopic (exact) mass is 858 g/mol. The summed E-state index contributed by atoms with van der Waals surface area (Å²) in [5, 5.41) is 55.0. The summed E-state index contributed by atoms with van der Waals surface area (Å²) in [6, 6.07) is -1.14. The fraction of sp³-hybridized carbons (Fsp3) is 0.756. The Morgan fingerprint density at radius 1 is 0.695 bits per heavy atom. The Morgan fingerprint density at radius 2 is 1.19 bits per heavy atom. The summed E-state index contributed by atoms with van der Waals surface area (Å²) in [4.78, 5) is 13.1. The van der Waals surface area contributed by atoms with Crippen molar-refractivity contribution in [2.24, 2.45) is 0 Å². The number of unbranched alkanes of at least 4 members (excludes halogenated alkanes) is 15. The molecule has 7 N–H and O–H groups in total. The van der Waals surface area contributed by atoms with E-state index in [2.05, 4.69) is 65.9 Å². The number of amides is 1. The van der Waals surface area contributed by atoms with Crippen LogP contribution in [0.25, 0.3) is 0 Å². The van der Waals surface area contributed by atoms with Crippen molar-refractivity contribution in [2.75, 3.05) is 13.2 Å². The van der Waals surface area contributed by atoms with Crippen LogP contribution in [0.5, 0.6) is 0 Å². The average molecular weight is 858 g/mol. The molecule has 342 valence electrons. The van der Waals surface area contributed by atoms with E-state index in [9.17, 15) is 38.7 Å². The van der Waals surface area contributed by atoms with Crippen LogP contribution < -0.4 is 5.32 Å². The van der Waals surface area contributed by atoms with Gasteiger partial charge in [-0.15, -0.1) is 0 Å². The summed E-state index contributed by atoms with van der Waals surface area (Å²) in [7, 11) is -5.12. The van der Waals surface area contributed by atoms with Gasteiger partial charge in [0.1, 0.15) is 30.5 Å². The van der Waals surface area contributed by atoms with Gasteiger partial charge in [-0.25, -0.2) is 4.18 Å². The van der Waals surface area contributed by atoms with Gasteiger partial charge in [0, 0.05) is 0 Å². The molecule has 14 heteroatoms. The first-order valence-corrected chi connectivity index (χ1v) is 23.6. The van der Waals surface area contributed by atoms with Crippen molar-refractivity contribution in [3.8, 4) is 0 Å². The third kappa shape index (κ3) is 28.1. The third-order valence-corrected chi connectivity index (χ3v) is 10.6. The summed E-state index contributed by atoms with van der Waals surface area (Å²) in [5.41, 5.74) is 0. The molecule has 8 unspecified atom stereocenters. The Hall–Kier alpha value is -2.24. The second-order valence-corrected chi connectivity index (χ2v) is 16.4. The molecule has 0 aliphatic carbocycles. The van der Waals surface area contributed by atoms with E-state index in [1.807, 2.05) is 6.08 Å². The van der Waals surface area contributed by atoms with E-state index < -0.39 is 78.5 Å². The molecule has 0 aromatic carbocycles. The SMILES string of the molecule is CC/C=C\C/C=C\CCCCCCCCCCCCCCCC(O)C(=O)NC(COC1OC(CO)C(O)C(OS(=O)(=O)O)C1O)C(O)/C=C/CC/C=C/CC/C=C/CC. The Balaban J connectivity index is 2.53. The average Bonchev–Trinajstić information content (AvgIpc) is 3.20. The van der Waals surface area contributed by atoms with Gasteiger partial charge in [-0.2, -0.15) is 8.42 Å². The molecule has 1 saturated heterocycles. The zero-order valence-corrected chi connectivity index (χ0v) is 36.7. The first kappa shape index (κ1) is 54.8. The van der Waals surface area contributed by atoms with Gasteiger partial charge in [-0.05, 0) is 64.2 Å². The number of carbonyl (C=O) groups is 1. The van der Waals surface area contributed by atoms with Crippen LogP contribution in [0.1, 0.15) is 155 Å². The lowest BCUT2D eigenvalue weighted by Crippen LogP contribution is -2.61. The van der Waals surface area contributed by atoms with Crippen LogP contribution in [0.2, 0.25) is 0 Å². The van der Waals surface area contributed by atoms with Crippen LogP contribution in [0.3, 0.4) is 0 Å². The normalized spacial score (nSPS) is 22.1. The molecule has 1 amide bonds. The molecule has 0 aromatic heterocycles. The highest BCUT2D eigenvalue weighted by molar-refractivity contribution is 7.80. The summed E-state index contributed by atoms with van der Waals surface area (Å²) in [6.07, 6.45) is 31.9. The van der Waals surface area contributed by atoms with E-state index in [1.54, 1.807) is 6.08 Å². The molecule has 8 atom stereocenters. The minimum Gasteiger partial charge on any atom is -0.394 e. The Labute approximate surface area is 355 Å². The second kappa shape index (κ2) is 35.4. The molecule has 1 heterocycles. The number of rotatable bonds is 36. The highest BCUT2D eigenvalue weighted by Gasteiger charge is 2.48. The second-order valence-electron chi connectivity index (χ2n) is 15.3. The number of hydrogen-bond acceptors (Lipinski definition) is 11. The fourth-order valence-corrected chi connectivity index (χ4v) is 7.16. The first-order valence-electron chi connectivity index (χ1n) is 22.3. The van der Waals surface area contributed by atoms with E-state index in [1.165, 1.54) is 70.3 Å². The molecular weight excluding hydrogens is 779 g/mol. The van der Waals surface area contributed by atoms with Gasteiger partial charge < -0.3 is 40.3 Å². The quantitative estimate of drug-likeness (QED) is 0.0189. The van der Waals surface area contributed by atoms with E-state index >= 15 is 0 Å². The van der Waals surface area contributed by atoms with E-state index in [0.29, 0.717) is 12.8 Å². The molecule has 0 saturated carbocycles. The zero-order valence-electron chi connectivity index (χ0n) is 35.9. The number of aliphatic hydroxyl groups excluding tert-OH is 5. The van der Waals surface area contributed by atoms with Gasteiger partial charge in [-0.1, -0.05) is 152 Å². The molecule has 0 radical (unpaired) electrons. The standard InChI is InChI=1S/C45H79NO12S/c1-3-5-7-9-11-13-15-16-17-18-19-20-21-22-23-24-26-28-30-32-34-39(49)44(52)46-37(38(48)33-31-29-27-25-14-12-10-8-6-4-2)36-56-45-42(51)43(58-59(53,54)55)41(50)40(35-47)57-45/h5-8,11,13-14,25,31,33,37-43,45,47-51H,3-4,9-10,12,15-24,26-30,32,34-36H2,1-2H3,(H,46,52)(H,53,54,55)/b7-5-,8-6+,13-11-,25-14+,33-31+. The van der Waals surface area contributed by atoms with Crippen LogP contribution in [0, 0.1) is 0 Å². The topological polar surface area (TPSA) is 212 Å². The Morgan fingerprint density at radius 3 is 1.75 bits per heavy atom. The lowest BCUT2D eigenvalue weighted by molar-refractivity contribution is -0.298. The molecule has 1 aliphatic rings. The van der Waals surface area contributed by atoms with Gasteiger partial charge in [0.05, 0.1) is 25.4 Å². The third-order valence-electron chi connectivity index (χ3n) is 10.1. The minimum absolute atomic E-state index is 0.230. The molecule has 59 heavy (non-hydrogen) atoms. The number of allylic oxidation sites excluding steroid dienone is 9. The summed E-state index contributed by atoms with van der Waals surface area (Å²) < 4.78 is 47.3. The van der Waals surface area contributed by atoms with Gasteiger partial charge in [0.15, 0.2) is 6.29 Å². The predicted molar refractivity (Wildman–Crippen MR) is 233 cm³/mol. The molecule has 0 bridgehead atoms. The van der Waals surface area contributed by atoms with Crippen LogP contribution in [0.4, 0.5) is 0 Å². The predicted octanol–water partition coefficient (Wildman–Crippen LogP) is 7.24. The fourth-order valence-electron chi connectivity index (χ4n) is 6.65. The van der Waals surface area contributed by atoms with E-state index in [4.69, 9.17) is 14.0 Å². The van der Waals surface area contributed by atoms with Crippen LogP contribution >= 0.6 is 0 Å². The van der Waals surface area contributed by atoms with Crippen molar-refractivity contribution in [3.05, 3.63) is 60.8 Å². The molecule has 1 fully saturated rings. The first-order chi connectivity index (χ1) is 28.4. The summed E-state index contributed by atoms with van der Waals surface area (Å²) in [6.45, 7) is 2.94. The van der Waals surface area contributed by atoms with Gasteiger partial charge in [0.25, 0.3) is 0 Å². The van der Waals surface area contributed by atoms with Crippen molar-refractivity contribution >= 4 is 16.3 Å². The molecule has 13 nitrogen and oxygen atoms in total. The molecule has 0 spiro atoms. The van der Waals surface area contributed by atoms with Crippen LogP contribution in [-0.4, -0.2) is 107 Å². The zero-order chi connectivity index (χ0) is 43.6. The lowest BCUT2D eigenvalue weighted by Gasteiger charge is -2.41. The number of aliphatic hydroxyl groups is 5. The highest BCUT2D eigenvalue weighted by atomic mass is 32.3. The maximum Gasteiger partial charge on any atom is 0.397 e. The Bertz CT molecular complexity index is 1300. The maximum atomic E-state index is 13.1. The Kier molecular flexibility index (Phi) is 32.8. The molecular formula is C45H79NO12S. The van der Waals surface area contributed by atoms with Crippen molar-refractivity contribution in [1.29, 1.82) is 0 Å². The van der Waals surface area contributed by atoms with Crippen molar-refractivity contribution < 1.29 is 57.0 Å². The molecule has 1 rings (SSSR count). The lowest BCUT2D eigenvalue weighted by atomic mass is 9.99. The van der Waals surface area contributed by atoms with Crippen molar-refractivity contribution in [1.82, 2.24) is 5.32 Å². The summed E-state index contributed by atoms with van der Waals surface area (Å²) >= 11 is 0. The number of ether oxygens (including phenoxy) is 2.